The van der Waals surface area contributed by atoms with Gasteiger partial charge in [-0.1, -0.05) is 48.5 Å². The van der Waals surface area contributed by atoms with E-state index >= 15 is 0 Å². The number of nitrogens with zero attached hydrogens (tertiary/aromatic N) is 1. The molecule has 0 radical (unpaired) electrons. The summed E-state index contributed by atoms with van der Waals surface area (Å²) >= 11 is 0. The third-order valence-electron chi connectivity index (χ3n) is 5.42. The Morgan fingerprint density at radius 3 is 2.50 bits per heavy atom. The average molecular weight is 372 g/mol. The van der Waals surface area contributed by atoms with Crippen LogP contribution in [0.5, 0.6) is 5.75 Å². The Bertz CT molecular complexity index is 1020. The lowest BCUT2D eigenvalue weighted by Crippen LogP contribution is -2.44. The Kier molecular flexibility index (Phi) is 5.13. The van der Waals surface area contributed by atoms with E-state index in [9.17, 15) is 9.90 Å². The van der Waals surface area contributed by atoms with Crippen LogP contribution in [0.1, 0.15) is 18.9 Å². The van der Waals surface area contributed by atoms with Crippen LogP contribution in [-0.2, 0) is 4.79 Å². The van der Waals surface area contributed by atoms with Crippen molar-refractivity contribution < 1.29 is 9.90 Å². The molecule has 1 aliphatic rings. The van der Waals surface area contributed by atoms with Crippen molar-refractivity contribution in [1.29, 1.82) is 0 Å². The average Bonchev–Trinajstić information content (AvgIpc) is 2.74. The smallest absolute Gasteiger partial charge is 0.241 e. The summed E-state index contributed by atoms with van der Waals surface area (Å²) in [4.78, 5) is 14.9. The van der Waals surface area contributed by atoms with Gasteiger partial charge in [-0.3, -0.25) is 9.69 Å². The number of hydrogen-bond acceptors (Lipinski definition) is 3. The number of nitrogens with one attached hydrogen (secondary N) is 1. The lowest BCUT2D eigenvalue weighted by atomic mass is 9.98. The number of amides is 1. The zero-order valence-corrected chi connectivity index (χ0v) is 15.9. The molecule has 0 spiro atoms. The normalized spacial score (nSPS) is 15.8. The second-order valence-electron chi connectivity index (χ2n) is 7.25. The van der Waals surface area contributed by atoms with Gasteiger partial charge in [0, 0.05) is 18.8 Å². The number of anilines is 1. The second-order valence-corrected chi connectivity index (χ2v) is 7.25. The maximum atomic E-state index is 12.7. The maximum absolute atomic E-state index is 12.7. The highest BCUT2D eigenvalue weighted by Gasteiger charge is 2.23. The molecule has 1 amide bonds. The Morgan fingerprint density at radius 2 is 1.79 bits per heavy atom. The topological polar surface area (TPSA) is 52.6 Å². The predicted octanol–water partition coefficient (Wildman–Crippen LogP) is 4.66. The summed E-state index contributed by atoms with van der Waals surface area (Å²) < 4.78 is 0. The summed E-state index contributed by atoms with van der Waals surface area (Å²) in [7, 11) is 0. The zero-order valence-electron chi connectivity index (χ0n) is 15.9. The van der Waals surface area contributed by atoms with E-state index in [1.165, 1.54) is 5.57 Å². The molecule has 2 N–H and O–H groups in total. The fourth-order valence-electron chi connectivity index (χ4n) is 3.65. The van der Waals surface area contributed by atoms with Gasteiger partial charge in [0.25, 0.3) is 0 Å². The van der Waals surface area contributed by atoms with Crippen LogP contribution in [0, 0.1) is 0 Å². The predicted molar refractivity (Wildman–Crippen MR) is 114 cm³/mol. The molecule has 1 unspecified atom stereocenters. The second kappa shape index (κ2) is 7.87. The molecule has 1 aliphatic heterocycles. The van der Waals surface area contributed by atoms with Gasteiger partial charge in [0.15, 0.2) is 0 Å². The van der Waals surface area contributed by atoms with Gasteiger partial charge in [-0.25, -0.2) is 0 Å². The summed E-state index contributed by atoms with van der Waals surface area (Å²) in [5.41, 5.74) is 3.22. The molecule has 0 aromatic heterocycles. The van der Waals surface area contributed by atoms with Crippen molar-refractivity contribution in [3.05, 3.63) is 78.4 Å². The third kappa shape index (κ3) is 3.92. The number of phenols is 1. The molecule has 142 valence electrons. The Hall–Kier alpha value is -3.11. The molecular formula is C24H24N2O2. The van der Waals surface area contributed by atoms with Crippen LogP contribution < -0.4 is 5.32 Å². The number of carbonyl (C=O) groups excluding carboxylic acids is 1. The number of fused-ring (bicyclic) bond motifs is 1. The van der Waals surface area contributed by atoms with E-state index in [1.54, 1.807) is 12.1 Å². The van der Waals surface area contributed by atoms with Crippen molar-refractivity contribution in [3.8, 4) is 5.75 Å². The summed E-state index contributed by atoms with van der Waals surface area (Å²) in [6.07, 6.45) is 3.06. The van der Waals surface area contributed by atoms with E-state index in [0.717, 1.165) is 41.5 Å². The monoisotopic (exact) mass is 372 g/mol. The highest BCUT2D eigenvalue weighted by Crippen LogP contribution is 2.25. The van der Waals surface area contributed by atoms with Crippen molar-refractivity contribution >= 4 is 27.9 Å². The third-order valence-corrected chi connectivity index (χ3v) is 5.42. The van der Waals surface area contributed by atoms with Gasteiger partial charge in [0.1, 0.15) is 5.75 Å². The standard InChI is InChI=1S/C24H24N2O2/c1-17(24(28)25-22-9-6-18-4-2-3-5-21(18)16-22)26-14-12-20(13-15-26)19-7-10-23(27)11-8-19/h2-12,16-17,27H,13-15H2,1H3,(H,25,28). The van der Waals surface area contributed by atoms with Gasteiger partial charge in [-0.05, 0) is 59.5 Å². The van der Waals surface area contributed by atoms with E-state index in [0.29, 0.717) is 0 Å². The molecule has 4 nitrogen and oxygen atoms in total. The van der Waals surface area contributed by atoms with E-state index in [1.807, 2.05) is 49.4 Å². The van der Waals surface area contributed by atoms with Gasteiger partial charge in [0.2, 0.25) is 5.91 Å². The first-order chi connectivity index (χ1) is 13.6. The molecule has 1 atom stereocenters. The molecule has 0 saturated heterocycles. The van der Waals surface area contributed by atoms with Crippen LogP contribution in [0.3, 0.4) is 0 Å². The Balaban J connectivity index is 1.40. The van der Waals surface area contributed by atoms with Crippen LogP contribution in [0.4, 0.5) is 5.69 Å². The number of aromatic hydroxyl groups is 1. The molecule has 4 heteroatoms. The van der Waals surface area contributed by atoms with Crippen LogP contribution in [-0.4, -0.2) is 35.0 Å². The number of rotatable bonds is 4. The van der Waals surface area contributed by atoms with Gasteiger partial charge in [-0.15, -0.1) is 0 Å². The van der Waals surface area contributed by atoms with E-state index in [4.69, 9.17) is 0 Å². The Morgan fingerprint density at radius 1 is 1.04 bits per heavy atom. The minimum absolute atomic E-state index is 0.0109. The lowest BCUT2D eigenvalue weighted by molar-refractivity contribution is -0.120. The molecule has 1 heterocycles. The number of carbonyl (C=O) groups is 1. The van der Waals surface area contributed by atoms with Gasteiger partial charge in [-0.2, -0.15) is 0 Å². The van der Waals surface area contributed by atoms with Crippen molar-refractivity contribution in [2.45, 2.75) is 19.4 Å². The Labute approximate surface area is 165 Å². The van der Waals surface area contributed by atoms with Crippen LogP contribution in [0.15, 0.2) is 72.8 Å². The molecule has 28 heavy (non-hydrogen) atoms. The van der Waals surface area contributed by atoms with Crippen LogP contribution >= 0.6 is 0 Å². The van der Waals surface area contributed by atoms with Crippen molar-refractivity contribution in [1.82, 2.24) is 4.90 Å². The molecule has 3 aromatic carbocycles. The van der Waals surface area contributed by atoms with Crippen molar-refractivity contribution in [3.63, 3.8) is 0 Å². The number of benzene rings is 3. The fraction of sp³-hybridized carbons (Fsp3) is 0.208. The molecule has 0 fully saturated rings. The summed E-state index contributed by atoms with van der Waals surface area (Å²) in [6.45, 7) is 3.53. The SMILES string of the molecule is CC(C(=O)Nc1ccc2ccccc2c1)N1CC=C(c2ccc(O)cc2)CC1. The molecule has 0 saturated carbocycles. The van der Waals surface area contributed by atoms with Crippen molar-refractivity contribution in [2.24, 2.45) is 0 Å². The van der Waals surface area contributed by atoms with Gasteiger partial charge >= 0.3 is 0 Å². The highest BCUT2D eigenvalue weighted by molar-refractivity contribution is 5.97. The van der Waals surface area contributed by atoms with E-state index < -0.39 is 0 Å². The molecular weight excluding hydrogens is 348 g/mol. The number of phenolic OH excluding ortho intramolecular Hbond substituents is 1. The van der Waals surface area contributed by atoms with E-state index in [2.05, 4.69) is 28.4 Å². The number of hydrogen-bond donors (Lipinski definition) is 2. The minimum Gasteiger partial charge on any atom is -0.508 e. The van der Waals surface area contributed by atoms with Crippen LogP contribution in [0.2, 0.25) is 0 Å². The summed E-state index contributed by atoms with van der Waals surface area (Å²) in [5.74, 6) is 0.289. The first kappa shape index (κ1) is 18.3. The molecule has 3 aromatic rings. The van der Waals surface area contributed by atoms with Crippen LogP contribution in [0.25, 0.3) is 16.3 Å². The van der Waals surface area contributed by atoms with Gasteiger partial charge < -0.3 is 10.4 Å². The van der Waals surface area contributed by atoms with E-state index in [-0.39, 0.29) is 17.7 Å². The minimum atomic E-state index is -0.205. The maximum Gasteiger partial charge on any atom is 0.241 e. The first-order valence-electron chi connectivity index (χ1n) is 9.62. The molecule has 4 rings (SSSR count). The van der Waals surface area contributed by atoms with Crippen molar-refractivity contribution in [2.75, 3.05) is 18.4 Å². The largest absolute Gasteiger partial charge is 0.508 e. The highest BCUT2D eigenvalue weighted by atomic mass is 16.3. The first-order valence-corrected chi connectivity index (χ1v) is 9.62. The quantitative estimate of drug-likeness (QED) is 0.700. The van der Waals surface area contributed by atoms with Gasteiger partial charge in [0.05, 0.1) is 6.04 Å². The summed E-state index contributed by atoms with van der Waals surface area (Å²) in [6, 6.07) is 21.2. The fourth-order valence-corrected chi connectivity index (χ4v) is 3.65. The zero-order chi connectivity index (χ0) is 19.5. The molecule has 0 bridgehead atoms. The molecule has 0 aliphatic carbocycles. The summed E-state index contributed by atoms with van der Waals surface area (Å²) in [5, 5.41) is 14.8. The lowest BCUT2D eigenvalue weighted by Gasteiger charge is -2.31.